The number of benzene rings is 4. The minimum atomic E-state index is 0.678. The summed E-state index contributed by atoms with van der Waals surface area (Å²) in [5.74, 6) is 1.72. The number of hydrogen-bond acceptors (Lipinski definition) is 2. The lowest BCUT2D eigenvalue weighted by Crippen LogP contribution is -1.99. The van der Waals surface area contributed by atoms with Crippen molar-refractivity contribution in [2.75, 3.05) is 13.7 Å². The molecule has 0 heterocycles. The highest BCUT2D eigenvalue weighted by molar-refractivity contribution is 5.82. The van der Waals surface area contributed by atoms with Crippen molar-refractivity contribution < 1.29 is 9.47 Å². The number of ether oxygens (including phenoxy) is 2. The monoisotopic (exact) mass is 422 g/mol. The van der Waals surface area contributed by atoms with Gasteiger partial charge in [-0.1, -0.05) is 90.8 Å². The lowest BCUT2D eigenvalue weighted by atomic mass is 9.95. The van der Waals surface area contributed by atoms with Gasteiger partial charge in [0.25, 0.3) is 0 Å². The van der Waals surface area contributed by atoms with Crippen molar-refractivity contribution in [1.82, 2.24) is 0 Å². The van der Waals surface area contributed by atoms with E-state index >= 15 is 0 Å². The van der Waals surface area contributed by atoms with Crippen molar-refractivity contribution in [1.29, 1.82) is 0 Å². The van der Waals surface area contributed by atoms with Crippen LogP contribution < -0.4 is 9.47 Å². The molecule has 0 atom stereocenters. The molecule has 0 fully saturated rings. The summed E-state index contributed by atoms with van der Waals surface area (Å²) < 4.78 is 12.0. The van der Waals surface area contributed by atoms with Crippen LogP contribution >= 0.6 is 0 Å². The molecule has 0 aliphatic heterocycles. The van der Waals surface area contributed by atoms with E-state index in [0.717, 1.165) is 40.2 Å². The molecule has 2 heteroatoms. The van der Waals surface area contributed by atoms with Gasteiger partial charge in [-0.05, 0) is 54.7 Å². The van der Waals surface area contributed by atoms with Crippen LogP contribution in [-0.4, -0.2) is 13.7 Å². The van der Waals surface area contributed by atoms with Crippen molar-refractivity contribution in [3.63, 3.8) is 0 Å². The predicted molar refractivity (Wildman–Crippen MR) is 135 cm³/mol. The van der Waals surface area contributed by atoms with Crippen LogP contribution in [0.3, 0.4) is 0 Å². The highest BCUT2D eigenvalue weighted by atomic mass is 16.5. The molecule has 0 aliphatic rings. The van der Waals surface area contributed by atoms with Crippen molar-refractivity contribution in [2.45, 2.75) is 27.2 Å². The third-order valence-corrected chi connectivity index (χ3v) is 5.71. The van der Waals surface area contributed by atoms with Gasteiger partial charge in [-0.15, -0.1) is 0 Å². The van der Waals surface area contributed by atoms with Gasteiger partial charge in [-0.3, -0.25) is 0 Å². The van der Waals surface area contributed by atoms with Crippen LogP contribution in [0.4, 0.5) is 0 Å². The van der Waals surface area contributed by atoms with E-state index in [2.05, 4.69) is 106 Å². The lowest BCUT2D eigenvalue weighted by Gasteiger charge is -2.17. The van der Waals surface area contributed by atoms with E-state index in [9.17, 15) is 0 Å². The molecule has 32 heavy (non-hydrogen) atoms. The second kappa shape index (κ2) is 9.74. The normalized spacial score (nSPS) is 10.8. The molecule has 2 nitrogen and oxygen atoms in total. The molecule has 0 saturated heterocycles. The first-order valence-electron chi connectivity index (χ1n) is 11.2. The first-order chi connectivity index (χ1) is 15.6. The van der Waals surface area contributed by atoms with Crippen molar-refractivity contribution in [2.24, 2.45) is 0 Å². The highest BCUT2D eigenvalue weighted by Crippen LogP contribution is 2.41. The third-order valence-electron chi connectivity index (χ3n) is 5.71. The standard InChI is InChI=1S/C30H30O2/c1-5-18-32-30-20-27(29(31-4)19-28(30)25-12-8-22(3)9-13-25)26-16-14-24(15-17-26)23-10-6-21(2)7-11-23/h6-17,19-20H,5,18H2,1-4H3. The van der Waals surface area contributed by atoms with Crippen LogP contribution in [-0.2, 0) is 0 Å². The van der Waals surface area contributed by atoms with Crippen molar-refractivity contribution in [3.05, 3.63) is 96.1 Å². The number of aryl methyl sites for hydroxylation is 2. The first kappa shape index (κ1) is 21.7. The molecular weight excluding hydrogens is 392 g/mol. The molecule has 4 rings (SSSR count). The summed E-state index contributed by atoms with van der Waals surface area (Å²) in [6.07, 6.45) is 0.958. The van der Waals surface area contributed by atoms with Gasteiger partial charge in [0.2, 0.25) is 0 Å². The Morgan fingerprint density at radius 3 is 1.47 bits per heavy atom. The van der Waals surface area contributed by atoms with E-state index in [-0.39, 0.29) is 0 Å². The molecule has 4 aromatic carbocycles. The van der Waals surface area contributed by atoms with E-state index in [1.54, 1.807) is 7.11 Å². The topological polar surface area (TPSA) is 18.5 Å². The van der Waals surface area contributed by atoms with Crippen LogP contribution in [0.2, 0.25) is 0 Å². The van der Waals surface area contributed by atoms with Crippen LogP contribution in [0.5, 0.6) is 11.5 Å². The molecule has 4 aromatic rings. The largest absolute Gasteiger partial charge is 0.496 e. The van der Waals surface area contributed by atoms with Crippen molar-refractivity contribution in [3.8, 4) is 44.9 Å². The van der Waals surface area contributed by atoms with Crippen LogP contribution in [0.1, 0.15) is 24.5 Å². The lowest BCUT2D eigenvalue weighted by molar-refractivity contribution is 0.318. The molecule has 0 unspecified atom stereocenters. The van der Waals surface area contributed by atoms with Gasteiger partial charge in [-0.2, -0.15) is 0 Å². The maximum absolute atomic E-state index is 6.18. The van der Waals surface area contributed by atoms with E-state index in [1.165, 1.54) is 22.3 Å². The Balaban J connectivity index is 1.76. The Morgan fingerprint density at radius 2 is 0.969 bits per heavy atom. The van der Waals surface area contributed by atoms with Crippen LogP contribution in [0, 0.1) is 13.8 Å². The fraction of sp³-hybridized carbons (Fsp3) is 0.200. The van der Waals surface area contributed by atoms with E-state index in [4.69, 9.17) is 9.47 Å². The fourth-order valence-electron chi connectivity index (χ4n) is 3.83. The molecule has 0 spiro atoms. The summed E-state index contributed by atoms with van der Waals surface area (Å²) in [4.78, 5) is 0. The summed E-state index contributed by atoms with van der Waals surface area (Å²) in [6.45, 7) is 7.01. The number of rotatable bonds is 7. The zero-order chi connectivity index (χ0) is 22.5. The van der Waals surface area contributed by atoms with Gasteiger partial charge in [0.1, 0.15) is 11.5 Å². The SMILES string of the molecule is CCCOc1cc(-c2ccc(-c3ccc(C)cc3)cc2)c(OC)cc1-c1ccc(C)cc1. The molecule has 0 N–H and O–H groups in total. The summed E-state index contributed by atoms with van der Waals surface area (Å²) >= 11 is 0. The fourth-order valence-corrected chi connectivity index (χ4v) is 3.83. The minimum absolute atomic E-state index is 0.678. The zero-order valence-corrected chi connectivity index (χ0v) is 19.3. The van der Waals surface area contributed by atoms with Gasteiger partial charge in [0.05, 0.1) is 13.7 Å². The molecule has 162 valence electrons. The summed E-state index contributed by atoms with van der Waals surface area (Å²) in [6, 6.07) is 30.0. The Morgan fingerprint density at radius 1 is 0.562 bits per heavy atom. The molecule has 0 aliphatic carbocycles. The molecule has 0 amide bonds. The smallest absolute Gasteiger partial charge is 0.128 e. The predicted octanol–water partition coefficient (Wildman–Crippen LogP) is 8.10. The molecule has 0 bridgehead atoms. The van der Waals surface area contributed by atoms with Crippen LogP contribution in [0.25, 0.3) is 33.4 Å². The third kappa shape index (κ3) is 4.70. The zero-order valence-electron chi connectivity index (χ0n) is 19.3. The van der Waals surface area contributed by atoms with Crippen molar-refractivity contribution >= 4 is 0 Å². The Kier molecular flexibility index (Phi) is 6.61. The summed E-state index contributed by atoms with van der Waals surface area (Å²) in [5, 5.41) is 0. The van der Waals surface area contributed by atoms with E-state index in [0.29, 0.717) is 6.61 Å². The second-order valence-corrected chi connectivity index (χ2v) is 8.21. The molecule has 0 aromatic heterocycles. The average molecular weight is 423 g/mol. The highest BCUT2D eigenvalue weighted by Gasteiger charge is 2.15. The van der Waals surface area contributed by atoms with Gasteiger partial charge < -0.3 is 9.47 Å². The quantitative estimate of drug-likeness (QED) is 0.299. The van der Waals surface area contributed by atoms with Gasteiger partial charge >= 0.3 is 0 Å². The minimum Gasteiger partial charge on any atom is -0.496 e. The molecule has 0 radical (unpaired) electrons. The van der Waals surface area contributed by atoms with Gasteiger partial charge in [0, 0.05) is 11.1 Å². The van der Waals surface area contributed by atoms with Gasteiger partial charge in [0.15, 0.2) is 0 Å². The second-order valence-electron chi connectivity index (χ2n) is 8.21. The first-order valence-corrected chi connectivity index (χ1v) is 11.2. The summed E-state index contributed by atoms with van der Waals surface area (Å²) in [7, 11) is 1.73. The average Bonchev–Trinajstić information content (AvgIpc) is 2.83. The van der Waals surface area contributed by atoms with Crippen LogP contribution in [0.15, 0.2) is 84.9 Å². The Bertz CT molecular complexity index is 1170. The molecular formula is C30H30O2. The Labute approximate surface area is 191 Å². The number of methoxy groups -OCH3 is 1. The van der Waals surface area contributed by atoms with E-state index < -0.39 is 0 Å². The Hall–Kier alpha value is -3.52. The number of hydrogen-bond donors (Lipinski definition) is 0. The molecule has 0 saturated carbocycles. The van der Waals surface area contributed by atoms with E-state index in [1.807, 2.05) is 0 Å². The summed E-state index contributed by atoms with van der Waals surface area (Å²) in [5.41, 5.74) is 9.24. The maximum Gasteiger partial charge on any atom is 0.128 e. The van der Waals surface area contributed by atoms with Gasteiger partial charge in [-0.25, -0.2) is 0 Å². The maximum atomic E-state index is 6.18.